The monoisotopic (exact) mass is 657 g/mol. The van der Waals surface area contributed by atoms with Crippen molar-refractivity contribution in [3.63, 3.8) is 0 Å². The van der Waals surface area contributed by atoms with Crippen LogP contribution in [0.4, 0.5) is 0 Å². The Morgan fingerprint density at radius 2 is 1.23 bits per heavy atom. The van der Waals surface area contributed by atoms with Crippen molar-refractivity contribution < 1.29 is 4.74 Å². The number of piperidine rings is 2. The number of nitrogens with one attached hydrogen (secondary N) is 1. The summed E-state index contributed by atoms with van der Waals surface area (Å²) in [6.07, 6.45) is 16.3. The van der Waals surface area contributed by atoms with Crippen molar-refractivity contribution in [2.45, 2.75) is 169 Å². The molecule has 0 amide bonds. The highest BCUT2D eigenvalue weighted by Gasteiger charge is 2.46. The third kappa shape index (κ3) is 10.8. The molecule has 0 aliphatic carbocycles. The number of hydrogen-bond donors (Lipinski definition) is 1. The summed E-state index contributed by atoms with van der Waals surface area (Å²) < 4.78 is 5.63. The van der Waals surface area contributed by atoms with Crippen molar-refractivity contribution in [1.82, 2.24) is 14.7 Å². The zero-order chi connectivity index (χ0) is 35.2. The SMILES string of the molecule is CCC(CCCCCCC(/C=N/C(=NC(=N)C(C)C)N1CCOCC1)C1CC(C)(C)N(C)C(C)(C)C1)C1CC(C)(C)N(C)C(C)(C)C1. The van der Waals surface area contributed by atoms with Crippen molar-refractivity contribution in [1.29, 1.82) is 5.41 Å². The van der Waals surface area contributed by atoms with Crippen LogP contribution in [0.15, 0.2) is 9.98 Å². The average molecular weight is 657 g/mol. The lowest BCUT2D eigenvalue weighted by molar-refractivity contribution is -0.0458. The summed E-state index contributed by atoms with van der Waals surface area (Å²) >= 11 is 0. The Kier molecular flexibility index (Phi) is 14.2. The Morgan fingerprint density at radius 1 is 0.766 bits per heavy atom. The standard InChI is InChI=1S/C40H76N6O/c1-14-31(33-25-37(4,5)44(12)38(6,7)26-33)19-17-15-16-18-20-32(34-27-39(8,9)45(13)40(10,11)28-34)29-42-36(43-35(41)30(2)3)46-21-23-47-24-22-46/h29-34,41H,14-28H2,1-13H3/b41-35?,42-29+,43-36?. The van der Waals surface area contributed by atoms with Gasteiger partial charge in [0, 0.05) is 47.4 Å². The van der Waals surface area contributed by atoms with E-state index in [2.05, 4.69) is 97.3 Å². The first-order chi connectivity index (χ1) is 21.8. The highest BCUT2D eigenvalue weighted by Crippen LogP contribution is 2.46. The van der Waals surface area contributed by atoms with E-state index in [0.29, 0.717) is 36.8 Å². The molecule has 0 aromatic rings. The Bertz CT molecular complexity index is 1020. The maximum absolute atomic E-state index is 8.51. The van der Waals surface area contributed by atoms with Gasteiger partial charge in [0.25, 0.3) is 0 Å². The highest BCUT2D eigenvalue weighted by atomic mass is 16.5. The van der Waals surface area contributed by atoms with Crippen molar-refractivity contribution in [3.05, 3.63) is 0 Å². The number of unbranched alkanes of at least 4 members (excludes halogenated alkanes) is 3. The molecule has 7 nitrogen and oxygen atoms in total. The molecule has 2 atom stereocenters. The Balaban J connectivity index is 1.68. The molecule has 272 valence electrons. The predicted molar refractivity (Wildman–Crippen MR) is 203 cm³/mol. The van der Waals surface area contributed by atoms with Crippen LogP contribution in [0.2, 0.25) is 0 Å². The van der Waals surface area contributed by atoms with Crippen LogP contribution in [0.1, 0.15) is 147 Å². The van der Waals surface area contributed by atoms with Gasteiger partial charge in [-0.05, 0) is 125 Å². The first kappa shape index (κ1) is 40.1. The fourth-order valence-electron chi connectivity index (χ4n) is 9.22. The van der Waals surface area contributed by atoms with Crippen molar-refractivity contribution in [2.75, 3.05) is 40.4 Å². The quantitative estimate of drug-likeness (QED) is 0.129. The van der Waals surface area contributed by atoms with Crippen LogP contribution in [-0.4, -0.2) is 95.3 Å². The fraction of sp³-hybridized carbons (Fsp3) is 0.925. The number of likely N-dealkylation sites (tertiary alicyclic amines) is 2. The highest BCUT2D eigenvalue weighted by molar-refractivity contribution is 5.98. The summed E-state index contributed by atoms with van der Waals surface area (Å²) in [6.45, 7) is 28.9. The summed E-state index contributed by atoms with van der Waals surface area (Å²) in [4.78, 5) is 17.3. The van der Waals surface area contributed by atoms with E-state index in [0.717, 1.165) is 24.9 Å². The Morgan fingerprint density at radius 3 is 1.70 bits per heavy atom. The van der Waals surface area contributed by atoms with Gasteiger partial charge in [-0.2, -0.15) is 4.99 Å². The molecular weight excluding hydrogens is 580 g/mol. The number of aliphatic imine (C=N–C) groups is 2. The van der Waals surface area contributed by atoms with Gasteiger partial charge in [-0.15, -0.1) is 0 Å². The number of amidine groups is 1. The van der Waals surface area contributed by atoms with Gasteiger partial charge in [-0.25, -0.2) is 4.99 Å². The molecule has 3 fully saturated rings. The molecule has 3 aliphatic rings. The van der Waals surface area contributed by atoms with E-state index in [1.54, 1.807) is 0 Å². The van der Waals surface area contributed by atoms with Gasteiger partial charge in [-0.1, -0.05) is 59.3 Å². The molecule has 3 heterocycles. The molecule has 0 aromatic heterocycles. The third-order valence-corrected chi connectivity index (χ3v) is 12.8. The zero-order valence-corrected chi connectivity index (χ0v) is 33.2. The van der Waals surface area contributed by atoms with Gasteiger partial charge in [0.1, 0.15) is 5.84 Å². The molecule has 0 radical (unpaired) electrons. The minimum Gasteiger partial charge on any atom is -0.378 e. The summed E-state index contributed by atoms with van der Waals surface area (Å²) in [6, 6.07) is 0. The number of guanidine groups is 1. The van der Waals surface area contributed by atoms with Gasteiger partial charge in [0.05, 0.1) is 13.2 Å². The second-order valence-corrected chi connectivity index (χ2v) is 18.4. The zero-order valence-electron chi connectivity index (χ0n) is 33.2. The average Bonchev–Trinajstić information content (AvgIpc) is 2.98. The third-order valence-electron chi connectivity index (χ3n) is 12.8. The Hall–Kier alpha value is -1.31. The summed E-state index contributed by atoms with van der Waals surface area (Å²) in [5.41, 5.74) is 0.834. The molecule has 47 heavy (non-hydrogen) atoms. The van der Waals surface area contributed by atoms with E-state index < -0.39 is 0 Å². The van der Waals surface area contributed by atoms with Crippen LogP contribution in [0.3, 0.4) is 0 Å². The maximum Gasteiger partial charge on any atom is 0.226 e. The van der Waals surface area contributed by atoms with Gasteiger partial charge < -0.3 is 9.64 Å². The van der Waals surface area contributed by atoms with Gasteiger partial charge in [0.15, 0.2) is 0 Å². The fourth-order valence-corrected chi connectivity index (χ4v) is 9.22. The molecule has 1 N–H and O–H groups in total. The Labute approximate surface area is 291 Å². The molecule has 0 aromatic carbocycles. The summed E-state index contributed by atoms with van der Waals surface area (Å²) in [5, 5.41) is 8.51. The van der Waals surface area contributed by atoms with Crippen LogP contribution in [0, 0.1) is 35.0 Å². The van der Waals surface area contributed by atoms with E-state index >= 15 is 0 Å². The second-order valence-electron chi connectivity index (χ2n) is 18.4. The number of ether oxygens (including phenoxy) is 1. The topological polar surface area (TPSA) is 67.5 Å². The number of rotatable bonds is 12. The largest absolute Gasteiger partial charge is 0.378 e. The lowest BCUT2D eigenvalue weighted by Gasteiger charge is -2.55. The molecule has 0 spiro atoms. The minimum absolute atomic E-state index is 0.0808. The lowest BCUT2D eigenvalue weighted by atomic mass is 9.68. The normalized spacial score (nSPS) is 25.8. The molecule has 0 bridgehead atoms. The first-order valence-electron chi connectivity index (χ1n) is 19.3. The van der Waals surface area contributed by atoms with Gasteiger partial charge in [-0.3, -0.25) is 15.2 Å². The molecule has 3 rings (SSSR count). The summed E-state index contributed by atoms with van der Waals surface area (Å²) in [7, 11) is 4.63. The van der Waals surface area contributed by atoms with E-state index in [4.69, 9.17) is 20.1 Å². The van der Waals surface area contributed by atoms with E-state index in [1.807, 2.05) is 13.8 Å². The maximum atomic E-state index is 8.51. The number of hydrogen-bond acceptors (Lipinski definition) is 4. The number of morpholine rings is 1. The lowest BCUT2D eigenvalue weighted by Crippen LogP contribution is -2.59. The van der Waals surface area contributed by atoms with Crippen molar-refractivity contribution in [2.24, 2.45) is 39.6 Å². The van der Waals surface area contributed by atoms with Crippen molar-refractivity contribution in [3.8, 4) is 0 Å². The number of nitrogens with zero attached hydrogens (tertiary/aromatic N) is 5. The second kappa shape index (κ2) is 16.6. The van der Waals surface area contributed by atoms with E-state index in [1.165, 1.54) is 70.6 Å². The first-order valence-corrected chi connectivity index (χ1v) is 19.3. The molecule has 3 aliphatic heterocycles. The molecule has 3 saturated heterocycles. The van der Waals surface area contributed by atoms with Crippen LogP contribution < -0.4 is 0 Å². The van der Waals surface area contributed by atoms with Crippen LogP contribution >= 0.6 is 0 Å². The molecule has 0 saturated carbocycles. The molecule has 7 heteroatoms. The van der Waals surface area contributed by atoms with E-state index in [9.17, 15) is 0 Å². The van der Waals surface area contributed by atoms with Gasteiger partial charge >= 0.3 is 0 Å². The van der Waals surface area contributed by atoms with Gasteiger partial charge in [0.2, 0.25) is 5.96 Å². The van der Waals surface area contributed by atoms with Crippen LogP contribution in [0.5, 0.6) is 0 Å². The molecule has 2 unspecified atom stereocenters. The molecular formula is C40H76N6O. The predicted octanol–water partition coefficient (Wildman–Crippen LogP) is 9.16. The minimum atomic E-state index is 0.0808. The van der Waals surface area contributed by atoms with Crippen molar-refractivity contribution >= 4 is 18.0 Å². The van der Waals surface area contributed by atoms with Crippen LogP contribution in [-0.2, 0) is 4.74 Å². The summed E-state index contributed by atoms with van der Waals surface area (Å²) in [5.74, 6) is 3.85. The van der Waals surface area contributed by atoms with E-state index in [-0.39, 0.29) is 28.1 Å². The smallest absolute Gasteiger partial charge is 0.226 e. The van der Waals surface area contributed by atoms with Crippen LogP contribution in [0.25, 0.3) is 0 Å².